The number of hydrogen-bond acceptors (Lipinski definition) is 2. The van der Waals surface area contributed by atoms with Crippen molar-refractivity contribution in [2.24, 2.45) is 0 Å². The van der Waals surface area contributed by atoms with Crippen molar-refractivity contribution in [3.63, 3.8) is 0 Å². The summed E-state index contributed by atoms with van der Waals surface area (Å²) in [6, 6.07) is 21.9. The molecule has 1 saturated heterocycles. The van der Waals surface area contributed by atoms with Crippen LogP contribution in [0.2, 0.25) is 0 Å². The first kappa shape index (κ1) is 13.2. The van der Waals surface area contributed by atoms with E-state index in [1.165, 1.54) is 30.6 Å². The molecule has 0 amide bonds. The van der Waals surface area contributed by atoms with E-state index in [4.69, 9.17) is 0 Å². The number of likely N-dealkylation sites (tertiary alicyclic amines) is 1. The molecule has 0 saturated carbocycles. The van der Waals surface area contributed by atoms with Gasteiger partial charge in [0.15, 0.2) is 0 Å². The summed E-state index contributed by atoms with van der Waals surface area (Å²) >= 11 is 0. The van der Waals surface area contributed by atoms with Gasteiger partial charge in [0.1, 0.15) is 0 Å². The van der Waals surface area contributed by atoms with Gasteiger partial charge in [-0.3, -0.25) is 4.90 Å². The molecule has 1 aliphatic rings. The lowest BCUT2D eigenvalue weighted by Gasteiger charge is -2.33. The molecule has 2 aromatic carbocycles. The number of rotatable bonds is 4. The Morgan fingerprint density at radius 2 is 1.65 bits per heavy atom. The van der Waals surface area contributed by atoms with Gasteiger partial charge in [-0.15, -0.1) is 0 Å². The molecule has 0 bridgehead atoms. The summed E-state index contributed by atoms with van der Waals surface area (Å²) in [6.07, 6.45) is 2.54. The van der Waals surface area contributed by atoms with E-state index in [9.17, 15) is 0 Å². The van der Waals surface area contributed by atoms with Gasteiger partial charge in [-0.05, 0) is 37.1 Å². The van der Waals surface area contributed by atoms with Crippen molar-refractivity contribution in [2.75, 3.05) is 18.4 Å². The average Bonchev–Trinajstić information content (AvgIpc) is 2.50. The summed E-state index contributed by atoms with van der Waals surface area (Å²) in [4.78, 5) is 2.55. The summed E-state index contributed by atoms with van der Waals surface area (Å²) in [5, 5.41) is 3.65. The van der Waals surface area contributed by atoms with E-state index in [1.807, 2.05) is 0 Å². The normalized spacial score (nSPS) is 19.7. The van der Waals surface area contributed by atoms with Gasteiger partial charge in [0.05, 0.1) is 0 Å². The first-order valence-corrected chi connectivity index (χ1v) is 7.48. The lowest BCUT2D eigenvalue weighted by molar-refractivity contribution is 0.208. The highest BCUT2D eigenvalue weighted by molar-refractivity contribution is 5.43. The van der Waals surface area contributed by atoms with Crippen molar-refractivity contribution in [1.82, 2.24) is 4.90 Å². The number of piperidine rings is 1. The standard InChI is InChI=1S/C18H22N2/c1-3-8-16(9-4-1)14-20-13-7-12-18(15-20)19-17-10-5-2-6-11-17/h1-6,8-11,18-19H,7,12-15H2. The van der Waals surface area contributed by atoms with Crippen molar-refractivity contribution >= 4 is 5.69 Å². The fourth-order valence-corrected chi connectivity index (χ4v) is 2.93. The molecule has 1 N–H and O–H groups in total. The average molecular weight is 266 g/mol. The minimum atomic E-state index is 0.565. The van der Waals surface area contributed by atoms with E-state index in [1.54, 1.807) is 0 Å². The summed E-state index contributed by atoms with van der Waals surface area (Å²) < 4.78 is 0. The number of hydrogen-bond donors (Lipinski definition) is 1. The van der Waals surface area contributed by atoms with E-state index in [0.717, 1.165) is 13.1 Å². The molecule has 0 radical (unpaired) electrons. The highest BCUT2D eigenvalue weighted by Gasteiger charge is 2.19. The second kappa shape index (κ2) is 6.58. The Balaban J connectivity index is 1.57. The van der Waals surface area contributed by atoms with Crippen LogP contribution in [0.4, 0.5) is 5.69 Å². The Morgan fingerprint density at radius 1 is 0.950 bits per heavy atom. The van der Waals surface area contributed by atoms with Gasteiger partial charge in [0, 0.05) is 24.8 Å². The third kappa shape index (κ3) is 3.61. The van der Waals surface area contributed by atoms with E-state index < -0.39 is 0 Å². The van der Waals surface area contributed by atoms with E-state index in [-0.39, 0.29) is 0 Å². The molecule has 104 valence electrons. The third-order valence-corrected chi connectivity index (χ3v) is 3.90. The molecule has 2 nitrogen and oxygen atoms in total. The van der Waals surface area contributed by atoms with Crippen LogP contribution in [0.3, 0.4) is 0 Å². The summed E-state index contributed by atoms with van der Waals surface area (Å²) in [5.41, 5.74) is 2.65. The first-order chi connectivity index (χ1) is 9.90. The topological polar surface area (TPSA) is 15.3 Å². The quantitative estimate of drug-likeness (QED) is 0.906. The Bertz CT molecular complexity index is 462. The zero-order valence-corrected chi connectivity index (χ0v) is 11.8. The van der Waals surface area contributed by atoms with Crippen molar-refractivity contribution in [1.29, 1.82) is 0 Å². The summed E-state index contributed by atoms with van der Waals surface area (Å²) in [6.45, 7) is 3.40. The first-order valence-electron chi connectivity index (χ1n) is 7.48. The van der Waals surface area contributed by atoms with Crippen LogP contribution in [0.1, 0.15) is 18.4 Å². The van der Waals surface area contributed by atoms with Gasteiger partial charge in [0.25, 0.3) is 0 Å². The summed E-state index contributed by atoms with van der Waals surface area (Å²) in [7, 11) is 0. The molecule has 1 atom stereocenters. The van der Waals surface area contributed by atoms with Crippen LogP contribution in [0.25, 0.3) is 0 Å². The molecule has 2 heteroatoms. The lowest BCUT2D eigenvalue weighted by atomic mass is 10.0. The Hall–Kier alpha value is -1.80. The SMILES string of the molecule is c1ccc(CN2CCCC(Nc3ccccc3)C2)cc1. The molecule has 0 spiro atoms. The molecule has 20 heavy (non-hydrogen) atoms. The zero-order chi connectivity index (χ0) is 13.6. The highest BCUT2D eigenvalue weighted by atomic mass is 15.2. The second-order valence-corrected chi connectivity index (χ2v) is 5.57. The Morgan fingerprint density at radius 3 is 2.40 bits per heavy atom. The number of anilines is 1. The Kier molecular flexibility index (Phi) is 4.34. The molecule has 1 aliphatic heterocycles. The lowest BCUT2D eigenvalue weighted by Crippen LogP contribution is -2.41. The van der Waals surface area contributed by atoms with E-state index in [2.05, 4.69) is 70.9 Å². The van der Waals surface area contributed by atoms with E-state index in [0.29, 0.717) is 6.04 Å². The Labute approximate surface area is 121 Å². The predicted molar refractivity (Wildman–Crippen MR) is 84.8 cm³/mol. The maximum Gasteiger partial charge on any atom is 0.0389 e. The van der Waals surface area contributed by atoms with Crippen LogP contribution >= 0.6 is 0 Å². The number of nitrogens with one attached hydrogen (secondary N) is 1. The van der Waals surface area contributed by atoms with Gasteiger partial charge in [-0.1, -0.05) is 48.5 Å². The van der Waals surface area contributed by atoms with Crippen LogP contribution in [-0.2, 0) is 6.54 Å². The molecule has 1 fully saturated rings. The highest BCUT2D eigenvalue weighted by Crippen LogP contribution is 2.17. The molecular formula is C18H22N2. The zero-order valence-electron chi connectivity index (χ0n) is 11.8. The number of nitrogens with zero attached hydrogens (tertiary/aromatic N) is 1. The smallest absolute Gasteiger partial charge is 0.0389 e. The molecule has 1 heterocycles. The minimum Gasteiger partial charge on any atom is -0.381 e. The van der Waals surface area contributed by atoms with Crippen LogP contribution < -0.4 is 5.32 Å². The van der Waals surface area contributed by atoms with E-state index >= 15 is 0 Å². The minimum absolute atomic E-state index is 0.565. The van der Waals surface area contributed by atoms with Gasteiger partial charge in [-0.2, -0.15) is 0 Å². The van der Waals surface area contributed by atoms with Gasteiger partial charge in [0.2, 0.25) is 0 Å². The predicted octanol–water partition coefficient (Wildman–Crippen LogP) is 3.76. The number of para-hydroxylation sites is 1. The molecule has 1 unspecified atom stereocenters. The maximum absolute atomic E-state index is 3.65. The fourth-order valence-electron chi connectivity index (χ4n) is 2.93. The van der Waals surface area contributed by atoms with Gasteiger partial charge < -0.3 is 5.32 Å². The largest absolute Gasteiger partial charge is 0.381 e. The van der Waals surface area contributed by atoms with Crippen molar-refractivity contribution < 1.29 is 0 Å². The number of benzene rings is 2. The third-order valence-electron chi connectivity index (χ3n) is 3.90. The molecule has 2 aromatic rings. The molecule has 3 rings (SSSR count). The van der Waals surface area contributed by atoms with Gasteiger partial charge in [-0.25, -0.2) is 0 Å². The van der Waals surface area contributed by atoms with Crippen LogP contribution in [0.15, 0.2) is 60.7 Å². The molecule has 0 aromatic heterocycles. The summed E-state index contributed by atoms with van der Waals surface area (Å²) in [5.74, 6) is 0. The van der Waals surface area contributed by atoms with Crippen molar-refractivity contribution in [3.8, 4) is 0 Å². The van der Waals surface area contributed by atoms with Gasteiger partial charge >= 0.3 is 0 Å². The second-order valence-electron chi connectivity index (χ2n) is 5.57. The molecular weight excluding hydrogens is 244 g/mol. The monoisotopic (exact) mass is 266 g/mol. The fraction of sp³-hybridized carbons (Fsp3) is 0.333. The maximum atomic E-state index is 3.65. The molecule has 0 aliphatic carbocycles. The van der Waals surface area contributed by atoms with Crippen molar-refractivity contribution in [2.45, 2.75) is 25.4 Å². The van der Waals surface area contributed by atoms with Crippen LogP contribution in [0.5, 0.6) is 0 Å². The van der Waals surface area contributed by atoms with Crippen molar-refractivity contribution in [3.05, 3.63) is 66.2 Å². The van der Waals surface area contributed by atoms with Crippen LogP contribution in [0, 0.1) is 0 Å². The van der Waals surface area contributed by atoms with Crippen LogP contribution in [-0.4, -0.2) is 24.0 Å².